The quantitative estimate of drug-likeness (QED) is 0.642. The molecule has 0 bridgehead atoms. The summed E-state index contributed by atoms with van der Waals surface area (Å²) in [6.07, 6.45) is 0. The van der Waals surface area contributed by atoms with Gasteiger partial charge >= 0.3 is 0 Å². The number of nitrogens with zero attached hydrogens (tertiary/aromatic N) is 3. The van der Waals surface area contributed by atoms with Crippen molar-refractivity contribution >= 4 is 8.56 Å². The Hall–Kier alpha value is 0.0969. The van der Waals surface area contributed by atoms with Crippen molar-refractivity contribution in [1.29, 1.82) is 0 Å². The van der Waals surface area contributed by atoms with Gasteiger partial charge < -0.3 is 13.7 Å². The van der Waals surface area contributed by atoms with Gasteiger partial charge in [0.1, 0.15) is 0 Å². The summed E-state index contributed by atoms with van der Waals surface area (Å²) in [7, 11) is 11.6. The second-order valence-corrected chi connectivity index (χ2v) is 9.70. The van der Waals surface area contributed by atoms with E-state index in [1.807, 2.05) is 0 Å². The molecule has 0 rings (SSSR count). The van der Waals surface area contributed by atoms with E-state index in [4.69, 9.17) is 0 Å². The third kappa shape index (κ3) is 2.79. The van der Waals surface area contributed by atoms with E-state index in [-0.39, 0.29) is 0 Å². The largest absolute Gasteiger partial charge is 0.305 e. The summed E-state index contributed by atoms with van der Waals surface area (Å²) in [4.78, 5) is 0. The number of hydrogen-bond acceptors (Lipinski definition) is 3. The molecule has 4 heteroatoms. The predicted molar refractivity (Wildman–Crippen MR) is 66.5 cm³/mol. The Balaban J connectivity index is 4.95. The van der Waals surface area contributed by atoms with E-state index >= 15 is 0 Å². The van der Waals surface area contributed by atoms with E-state index in [0.717, 1.165) is 5.92 Å². The maximum atomic E-state index is 2.42. The SMILES string of the molecule is CC(C)C[Si](N(C)C)(N(C)C)N(C)C. The van der Waals surface area contributed by atoms with Crippen LogP contribution in [0, 0.1) is 5.92 Å². The van der Waals surface area contributed by atoms with Gasteiger partial charge in [0, 0.05) is 0 Å². The van der Waals surface area contributed by atoms with Crippen molar-refractivity contribution in [2.45, 2.75) is 19.9 Å². The Bertz CT molecular complexity index is 145. The highest BCUT2D eigenvalue weighted by molar-refractivity contribution is 6.71. The molecular weight excluding hydrogens is 190 g/mol. The van der Waals surface area contributed by atoms with E-state index < -0.39 is 8.56 Å². The second kappa shape index (κ2) is 5.26. The smallest absolute Gasteiger partial charge is 0.288 e. The van der Waals surface area contributed by atoms with Crippen molar-refractivity contribution in [1.82, 2.24) is 13.7 Å². The van der Waals surface area contributed by atoms with Crippen LogP contribution < -0.4 is 0 Å². The van der Waals surface area contributed by atoms with Crippen LogP contribution in [0.1, 0.15) is 13.8 Å². The Morgan fingerprint density at radius 1 is 0.786 bits per heavy atom. The van der Waals surface area contributed by atoms with E-state index in [0.29, 0.717) is 0 Å². The molecule has 0 saturated carbocycles. The molecule has 0 aliphatic carbocycles. The van der Waals surface area contributed by atoms with Crippen molar-refractivity contribution in [3.8, 4) is 0 Å². The Labute approximate surface area is 90.9 Å². The number of rotatable bonds is 5. The molecule has 0 heterocycles. The molecule has 0 aliphatic rings. The number of hydrogen-bond donors (Lipinski definition) is 0. The Morgan fingerprint density at radius 2 is 1.07 bits per heavy atom. The summed E-state index contributed by atoms with van der Waals surface area (Å²) >= 11 is 0. The molecule has 0 aromatic heterocycles. The topological polar surface area (TPSA) is 9.72 Å². The van der Waals surface area contributed by atoms with Crippen LogP contribution in [0.2, 0.25) is 6.04 Å². The van der Waals surface area contributed by atoms with Crippen molar-refractivity contribution in [2.75, 3.05) is 42.3 Å². The normalized spacial score (nSPS) is 13.7. The fourth-order valence-electron chi connectivity index (χ4n) is 2.30. The van der Waals surface area contributed by atoms with Crippen LogP contribution in [0.4, 0.5) is 0 Å². The lowest BCUT2D eigenvalue weighted by atomic mass is 10.3. The van der Waals surface area contributed by atoms with Crippen molar-refractivity contribution < 1.29 is 0 Å². The summed E-state index contributed by atoms with van der Waals surface area (Å²) in [5.41, 5.74) is 0. The fourth-order valence-corrected chi connectivity index (χ4v) is 6.89. The van der Waals surface area contributed by atoms with Gasteiger partial charge in [0.2, 0.25) is 0 Å². The van der Waals surface area contributed by atoms with Gasteiger partial charge in [-0.1, -0.05) is 13.8 Å². The zero-order valence-electron chi connectivity index (χ0n) is 11.1. The van der Waals surface area contributed by atoms with Gasteiger partial charge in [0.25, 0.3) is 8.56 Å². The van der Waals surface area contributed by atoms with E-state index in [1.54, 1.807) is 0 Å². The minimum Gasteiger partial charge on any atom is -0.305 e. The van der Waals surface area contributed by atoms with Crippen LogP contribution in [-0.4, -0.2) is 64.5 Å². The van der Waals surface area contributed by atoms with Gasteiger partial charge in [-0.2, -0.15) is 0 Å². The average molecular weight is 217 g/mol. The van der Waals surface area contributed by atoms with Gasteiger partial charge in [-0.3, -0.25) is 0 Å². The van der Waals surface area contributed by atoms with Crippen LogP contribution in [0.3, 0.4) is 0 Å². The van der Waals surface area contributed by atoms with Crippen LogP contribution in [0.5, 0.6) is 0 Å². The third-order valence-corrected chi connectivity index (χ3v) is 8.49. The minimum atomic E-state index is -1.59. The zero-order chi connectivity index (χ0) is 11.5. The van der Waals surface area contributed by atoms with Gasteiger partial charge in [-0.25, -0.2) is 0 Å². The first kappa shape index (κ1) is 14.1. The summed E-state index contributed by atoms with van der Waals surface area (Å²) < 4.78 is 7.27. The third-order valence-electron chi connectivity index (χ3n) is 2.83. The van der Waals surface area contributed by atoms with Crippen LogP contribution >= 0.6 is 0 Å². The highest BCUT2D eigenvalue weighted by Crippen LogP contribution is 2.22. The van der Waals surface area contributed by atoms with Crippen LogP contribution in [0.15, 0.2) is 0 Å². The predicted octanol–water partition coefficient (Wildman–Crippen LogP) is 1.27. The van der Waals surface area contributed by atoms with Crippen LogP contribution in [-0.2, 0) is 0 Å². The highest BCUT2D eigenvalue weighted by atomic mass is 28.4. The summed E-state index contributed by atoms with van der Waals surface area (Å²) in [5.74, 6) is 0.744. The fraction of sp³-hybridized carbons (Fsp3) is 1.00. The molecule has 0 unspecified atom stereocenters. The van der Waals surface area contributed by atoms with Crippen LogP contribution in [0.25, 0.3) is 0 Å². The van der Waals surface area contributed by atoms with Crippen molar-refractivity contribution in [3.05, 3.63) is 0 Å². The molecule has 0 amide bonds. The van der Waals surface area contributed by atoms with Crippen molar-refractivity contribution in [2.24, 2.45) is 5.92 Å². The molecule has 0 aromatic rings. The molecule has 0 aliphatic heterocycles. The summed E-state index contributed by atoms with van der Waals surface area (Å²) in [6.45, 7) is 4.61. The maximum Gasteiger partial charge on any atom is 0.288 e. The molecule has 14 heavy (non-hydrogen) atoms. The second-order valence-electron chi connectivity index (χ2n) is 5.06. The van der Waals surface area contributed by atoms with Gasteiger partial charge in [-0.15, -0.1) is 0 Å². The molecule has 0 saturated heterocycles. The minimum absolute atomic E-state index is 0.744. The first-order valence-electron chi connectivity index (χ1n) is 5.27. The molecule has 0 N–H and O–H groups in total. The Kier molecular flexibility index (Phi) is 5.29. The molecule has 0 atom stereocenters. The summed E-state index contributed by atoms with van der Waals surface area (Å²) in [5, 5.41) is 0. The lowest BCUT2D eigenvalue weighted by Crippen LogP contribution is -2.70. The van der Waals surface area contributed by atoms with E-state index in [2.05, 4.69) is 69.8 Å². The van der Waals surface area contributed by atoms with Gasteiger partial charge in [-0.05, 0) is 54.2 Å². The molecular formula is C10H27N3Si. The van der Waals surface area contributed by atoms with E-state index in [1.165, 1.54) is 6.04 Å². The van der Waals surface area contributed by atoms with Gasteiger partial charge in [0.15, 0.2) is 0 Å². The first-order valence-corrected chi connectivity index (χ1v) is 7.32. The lowest BCUT2D eigenvalue weighted by molar-refractivity contribution is 0.365. The lowest BCUT2D eigenvalue weighted by Gasteiger charge is -2.47. The Morgan fingerprint density at radius 3 is 1.14 bits per heavy atom. The first-order chi connectivity index (χ1) is 6.25. The molecule has 0 spiro atoms. The molecule has 86 valence electrons. The molecule has 0 aromatic carbocycles. The molecule has 0 fully saturated rings. The summed E-state index contributed by atoms with van der Waals surface area (Å²) in [6, 6.07) is 1.28. The monoisotopic (exact) mass is 217 g/mol. The molecule has 0 radical (unpaired) electrons. The maximum absolute atomic E-state index is 2.42. The average Bonchev–Trinajstić information content (AvgIpc) is 1.97. The standard InChI is InChI=1S/C10H27N3Si/c1-10(2)9-14(11(3)4,12(5)6)13(7)8/h10H,9H2,1-8H3. The zero-order valence-corrected chi connectivity index (χ0v) is 12.1. The van der Waals surface area contributed by atoms with Crippen molar-refractivity contribution in [3.63, 3.8) is 0 Å². The highest BCUT2D eigenvalue weighted by Gasteiger charge is 2.42. The van der Waals surface area contributed by atoms with E-state index in [9.17, 15) is 0 Å². The van der Waals surface area contributed by atoms with Gasteiger partial charge in [0.05, 0.1) is 0 Å². The molecule has 3 nitrogen and oxygen atoms in total.